The molecular formula is C18H13BrN2O2. The van der Waals surface area contributed by atoms with Gasteiger partial charge in [0.15, 0.2) is 5.75 Å². The summed E-state index contributed by atoms with van der Waals surface area (Å²) in [6.45, 7) is 0.615. The Morgan fingerprint density at radius 3 is 2.96 bits per heavy atom. The van der Waals surface area contributed by atoms with Crippen LogP contribution in [-0.2, 0) is 6.42 Å². The van der Waals surface area contributed by atoms with Gasteiger partial charge in [-0.1, -0.05) is 28.1 Å². The third-order valence-electron chi connectivity index (χ3n) is 4.16. The van der Waals surface area contributed by atoms with Crippen molar-refractivity contribution in [2.45, 2.75) is 6.42 Å². The van der Waals surface area contributed by atoms with Gasteiger partial charge >= 0.3 is 0 Å². The molecule has 0 fully saturated rings. The minimum Gasteiger partial charge on any atom is -0.505 e. The minimum absolute atomic E-state index is 0.0568. The summed E-state index contributed by atoms with van der Waals surface area (Å²) in [6, 6.07) is 13.0. The number of carbonyl (C=O) groups excluding carboxylic acids is 1. The van der Waals surface area contributed by atoms with Crippen LogP contribution in [0.3, 0.4) is 0 Å². The molecule has 0 unspecified atom stereocenters. The van der Waals surface area contributed by atoms with E-state index in [9.17, 15) is 9.90 Å². The number of pyridine rings is 1. The summed E-state index contributed by atoms with van der Waals surface area (Å²) in [7, 11) is 0. The number of carbonyl (C=O) groups is 1. The normalized spacial score (nSPS) is 13.3. The highest BCUT2D eigenvalue weighted by Crippen LogP contribution is 2.34. The standard InChI is InChI=1S/C18H13BrN2O2/c19-13-4-6-15-12(10-13)7-9-21(15)18(23)14-5-3-11-2-1-8-20-16(11)17(14)22/h1-6,8,10,22H,7,9H2. The predicted octanol–water partition coefficient (Wildman–Crippen LogP) is 3.91. The number of hydrogen-bond acceptors (Lipinski definition) is 3. The van der Waals surface area contributed by atoms with Crippen LogP contribution in [-0.4, -0.2) is 22.5 Å². The number of rotatable bonds is 1. The highest BCUT2D eigenvalue weighted by molar-refractivity contribution is 9.10. The molecule has 3 aromatic rings. The molecule has 4 nitrogen and oxygen atoms in total. The number of fused-ring (bicyclic) bond motifs is 2. The van der Waals surface area contributed by atoms with Gasteiger partial charge in [-0.05, 0) is 42.3 Å². The van der Waals surface area contributed by atoms with Crippen molar-refractivity contribution in [1.82, 2.24) is 4.98 Å². The van der Waals surface area contributed by atoms with E-state index in [4.69, 9.17) is 0 Å². The average molecular weight is 369 g/mol. The summed E-state index contributed by atoms with van der Waals surface area (Å²) in [5.41, 5.74) is 2.77. The molecule has 0 aliphatic carbocycles. The van der Waals surface area contributed by atoms with Gasteiger partial charge in [0.1, 0.15) is 5.52 Å². The van der Waals surface area contributed by atoms with Crippen molar-refractivity contribution >= 4 is 38.4 Å². The van der Waals surface area contributed by atoms with Crippen LogP contribution >= 0.6 is 15.9 Å². The molecule has 0 radical (unpaired) electrons. The molecule has 1 N–H and O–H groups in total. The molecule has 0 bridgehead atoms. The van der Waals surface area contributed by atoms with Crippen molar-refractivity contribution in [3.63, 3.8) is 0 Å². The molecule has 0 saturated carbocycles. The Morgan fingerprint density at radius 2 is 2.09 bits per heavy atom. The molecule has 4 rings (SSSR count). The first-order valence-electron chi connectivity index (χ1n) is 7.32. The second kappa shape index (κ2) is 5.35. The summed E-state index contributed by atoms with van der Waals surface area (Å²) in [4.78, 5) is 18.8. The summed E-state index contributed by atoms with van der Waals surface area (Å²) >= 11 is 3.45. The molecule has 114 valence electrons. The van der Waals surface area contributed by atoms with Crippen molar-refractivity contribution < 1.29 is 9.90 Å². The molecule has 0 atom stereocenters. The van der Waals surface area contributed by atoms with Gasteiger partial charge in [-0.25, -0.2) is 0 Å². The molecule has 0 saturated heterocycles. The quantitative estimate of drug-likeness (QED) is 0.708. The molecule has 2 heterocycles. The van der Waals surface area contributed by atoms with Gasteiger partial charge in [0, 0.05) is 28.3 Å². The molecular weight excluding hydrogens is 356 g/mol. The number of nitrogens with zero attached hydrogens (tertiary/aromatic N) is 2. The van der Waals surface area contributed by atoms with Gasteiger partial charge in [-0.2, -0.15) is 0 Å². The van der Waals surface area contributed by atoms with E-state index in [0.717, 1.165) is 27.5 Å². The van der Waals surface area contributed by atoms with Crippen LogP contribution in [0, 0.1) is 0 Å². The minimum atomic E-state index is -0.198. The van der Waals surface area contributed by atoms with Crippen LogP contribution in [0.5, 0.6) is 5.75 Å². The van der Waals surface area contributed by atoms with Crippen molar-refractivity contribution in [2.75, 3.05) is 11.4 Å². The Kier molecular flexibility index (Phi) is 3.31. The molecule has 1 aliphatic heterocycles. The number of benzene rings is 2. The van der Waals surface area contributed by atoms with Crippen LogP contribution in [0.4, 0.5) is 5.69 Å². The van der Waals surface area contributed by atoms with Gasteiger partial charge in [0.2, 0.25) is 0 Å². The molecule has 1 aliphatic rings. The molecule has 5 heteroatoms. The van der Waals surface area contributed by atoms with Gasteiger partial charge in [-0.3, -0.25) is 9.78 Å². The van der Waals surface area contributed by atoms with Gasteiger partial charge in [0.05, 0.1) is 5.56 Å². The van der Waals surface area contributed by atoms with Crippen molar-refractivity contribution in [3.05, 3.63) is 64.3 Å². The largest absolute Gasteiger partial charge is 0.505 e. The Labute approximate surface area is 141 Å². The number of anilines is 1. The second-order valence-corrected chi connectivity index (χ2v) is 6.43. The predicted molar refractivity (Wildman–Crippen MR) is 92.9 cm³/mol. The van der Waals surface area contributed by atoms with Crippen LogP contribution in [0.1, 0.15) is 15.9 Å². The lowest BCUT2D eigenvalue weighted by Gasteiger charge is -2.18. The van der Waals surface area contributed by atoms with E-state index in [-0.39, 0.29) is 17.2 Å². The lowest BCUT2D eigenvalue weighted by Crippen LogP contribution is -2.28. The smallest absolute Gasteiger partial charge is 0.262 e. The zero-order valence-electron chi connectivity index (χ0n) is 12.2. The molecule has 0 spiro atoms. The first-order valence-corrected chi connectivity index (χ1v) is 8.11. The number of amides is 1. The Balaban J connectivity index is 1.78. The zero-order chi connectivity index (χ0) is 16.0. The summed E-state index contributed by atoms with van der Waals surface area (Å²) in [6.07, 6.45) is 2.42. The SMILES string of the molecule is O=C(c1ccc2cccnc2c1O)N1CCc2cc(Br)ccc21. The Morgan fingerprint density at radius 1 is 1.22 bits per heavy atom. The number of aromatic hydroxyl groups is 1. The summed E-state index contributed by atoms with van der Waals surface area (Å²) < 4.78 is 1.00. The molecule has 23 heavy (non-hydrogen) atoms. The highest BCUT2D eigenvalue weighted by atomic mass is 79.9. The number of aromatic nitrogens is 1. The maximum Gasteiger partial charge on any atom is 0.262 e. The van der Waals surface area contributed by atoms with E-state index in [1.54, 1.807) is 23.2 Å². The van der Waals surface area contributed by atoms with Crippen LogP contribution < -0.4 is 4.90 Å². The fraction of sp³-hybridized carbons (Fsp3) is 0.111. The molecule has 1 aromatic heterocycles. The van der Waals surface area contributed by atoms with Crippen molar-refractivity contribution in [2.24, 2.45) is 0 Å². The number of halogens is 1. The van der Waals surface area contributed by atoms with Crippen molar-refractivity contribution in [1.29, 1.82) is 0 Å². The van der Waals surface area contributed by atoms with Gasteiger partial charge in [-0.15, -0.1) is 0 Å². The number of phenolic OH excluding ortho intramolecular Hbond substituents is 1. The summed E-state index contributed by atoms with van der Waals surface area (Å²) in [5.74, 6) is -0.255. The lowest BCUT2D eigenvalue weighted by molar-refractivity contribution is 0.0987. The fourth-order valence-corrected chi connectivity index (χ4v) is 3.44. The fourth-order valence-electron chi connectivity index (χ4n) is 3.03. The van der Waals surface area contributed by atoms with E-state index in [0.29, 0.717) is 12.1 Å². The third-order valence-corrected chi connectivity index (χ3v) is 4.65. The van der Waals surface area contributed by atoms with E-state index in [2.05, 4.69) is 20.9 Å². The first kappa shape index (κ1) is 14.2. The van der Waals surface area contributed by atoms with Gasteiger partial charge < -0.3 is 10.0 Å². The molecule has 1 amide bonds. The second-order valence-electron chi connectivity index (χ2n) is 5.52. The Hall–Kier alpha value is -2.40. The average Bonchev–Trinajstić information content (AvgIpc) is 2.98. The van der Waals surface area contributed by atoms with E-state index in [1.165, 1.54) is 0 Å². The first-order chi connectivity index (χ1) is 11.1. The lowest BCUT2D eigenvalue weighted by atomic mass is 10.1. The van der Waals surface area contributed by atoms with Crippen molar-refractivity contribution in [3.8, 4) is 5.75 Å². The maximum atomic E-state index is 12.9. The maximum absolute atomic E-state index is 12.9. The Bertz CT molecular complexity index is 939. The number of phenols is 1. The topological polar surface area (TPSA) is 53.4 Å². The van der Waals surface area contributed by atoms with E-state index in [1.807, 2.05) is 30.3 Å². The van der Waals surface area contributed by atoms with Crippen LogP contribution in [0.15, 0.2) is 53.1 Å². The third kappa shape index (κ3) is 2.28. The van der Waals surface area contributed by atoms with Gasteiger partial charge in [0.25, 0.3) is 5.91 Å². The highest BCUT2D eigenvalue weighted by Gasteiger charge is 2.27. The summed E-state index contributed by atoms with van der Waals surface area (Å²) in [5, 5.41) is 11.3. The van der Waals surface area contributed by atoms with E-state index >= 15 is 0 Å². The zero-order valence-corrected chi connectivity index (χ0v) is 13.7. The monoisotopic (exact) mass is 368 g/mol. The number of hydrogen-bond donors (Lipinski definition) is 1. The van der Waals surface area contributed by atoms with Crippen LogP contribution in [0.25, 0.3) is 10.9 Å². The molecule has 2 aromatic carbocycles. The van der Waals surface area contributed by atoms with E-state index < -0.39 is 0 Å². The van der Waals surface area contributed by atoms with Crippen LogP contribution in [0.2, 0.25) is 0 Å².